The summed E-state index contributed by atoms with van der Waals surface area (Å²) in [5.41, 5.74) is 1.22. The molecule has 6 heteroatoms. The molecule has 21 heavy (non-hydrogen) atoms. The molecule has 0 aromatic heterocycles. The van der Waals surface area contributed by atoms with Gasteiger partial charge in [-0.3, -0.25) is 4.79 Å². The van der Waals surface area contributed by atoms with Crippen molar-refractivity contribution in [1.82, 2.24) is 0 Å². The second kappa shape index (κ2) is 6.91. The number of hydrogen-bond acceptors (Lipinski definition) is 3. The lowest BCUT2D eigenvalue weighted by atomic mass is 10.1. The Morgan fingerprint density at radius 3 is 2.43 bits per heavy atom. The fourth-order valence-corrected chi connectivity index (χ4v) is 2.23. The molecule has 2 aromatic rings. The maximum atomic E-state index is 12.1. The molecule has 1 amide bonds. The molecule has 0 bridgehead atoms. The van der Waals surface area contributed by atoms with Gasteiger partial charge in [0.05, 0.1) is 17.7 Å². The highest BCUT2D eigenvalue weighted by molar-refractivity contribution is 14.1. The summed E-state index contributed by atoms with van der Waals surface area (Å²) in [5, 5.41) is 2.99. The number of esters is 1. The third kappa shape index (κ3) is 3.95. The van der Waals surface area contributed by atoms with E-state index in [4.69, 9.17) is 11.6 Å². The predicted molar refractivity (Wildman–Crippen MR) is 89.9 cm³/mol. The molecule has 0 saturated carbocycles. The van der Waals surface area contributed by atoms with Crippen LogP contribution < -0.4 is 5.32 Å². The van der Waals surface area contributed by atoms with Crippen molar-refractivity contribution in [3.63, 3.8) is 0 Å². The van der Waals surface area contributed by atoms with Crippen LogP contribution in [0.4, 0.5) is 5.69 Å². The minimum atomic E-state index is -0.551. The summed E-state index contributed by atoms with van der Waals surface area (Å²) in [6.07, 6.45) is 0. The van der Waals surface area contributed by atoms with Crippen molar-refractivity contribution in [3.8, 4) is 0 Å². The van der Waals surface area contributed by atoms with Crippen LogP contribution >= 0.6 is 34.2 Å². The summed E-state index contributed by atoms with van der Waals surface area (Å²) in [6, 6.07) is 11.8. The van der Waals surface area contributed by atoms with Crippen LogP contribution in [0.15, 0.2) is 42.5 Å². The standard InChI is InChI=1S/C15H11ClINO3/c1-21-15(20)12-8-11(6-7-13(12)16)18-14(19)9-2-4-10(17)5-3-9/h2-8H,1H3,(H,18,19). The number of methoxy groups -OCH3 is 1. The number of benzene rings is 2. The van der Waals surface area contributed by atoms with Gasteiger partial charge in [-0.1, -0.05) is 11.6 Å². The molecule has 2 rings (SSSR count). The molecule has 0 atom stereocenters. The topological polar surface area (TPSA) is 55.4 Å². The average molecular weight is 416 g/mol. The lowest BCUT2D eigenvalue weighted by molar-refractivity contribution is 0.0600. The molecule has 108 valence electrons. The zero-order valence-corrected chi connectivity index (χ0v) is 13.9. The van der Waals surface area contributed by atoms with Crippen LogP contribution in [-0.4, -0.2) is 19.0 Å². The van der Waals surface area contributed by atoms with Crippen LogP contribution in [0.2, 0.25) is 5.02 Å². The molecule has 0 aliphatic rings. The molecule has 0 unspecified atom stereocenters. The van der Waals surface area contributed by atoms with Crippen molar-refractivity contribution in [2.24, 2.45) is 0 Å². The van der Waals surface area contributed by atoms with E-state index in [0.717, 1.165) is 3.57 Å². The Morgan fingerprint density at radius 2 is 1.81 bits per heavy atom. The van der Waals surface area contributed by atoms with Crippen LogP contribution in [0.1, 0.15) is 20.7 Å². The largest absolute Gasteiger partial charge is 0.465 e. The van der Waals surface area contributed by atoms with E-state index in [2.05, 4.69) is 32.6 Å². The van der Waals surface area contributed by atoms with E-state index >= 15 is 0 Å². The van der Waals surface area contributed by atoms with Crippen molar-refractivity contribution in [3.05, 3.63) is 62.2 Å². The van der Waals surface area contributed by atoms with Crippen LogP contribution in [0, 0.1) is 3.57 Å². The third-order valence-corrected chi connectivity index (χ3v) is 3.78. The number of nitrogens with one attached hydrogen (secondary N) is 1. The van der Waals surface area contributed by atoms with Gasteiger partial charge in [-0.2, -0.15) is 0 Å². The monoisotopic (exact) mass is 415 g/mol. The van der Waals surface area contributed by atoms with Gasteiger partial charge in [0, 0.05) is 14.8 Å². The van der Waals surface area contributed by atoms with Crippen molar-refractivity contribution in [2.75, 3.05) is 12.4 Å². The van der Waals surface area contributed by atoms with E-state index in [1.807, 2.05) is 12.1 Å². The number of amides is 1. The molecular weight excluding hydrogens is 405 g/mol. The minimum absolute atomic E-state index is 0.208. The van der Waals surface area contributed by atoms with Crippen molar-refractivity contribution >= 4 is 51.8 Å². The third-order valence-electron chi connectivity index (χ3n) is 2.74. The summed E-state index contributed by atoms with van der Waals surface area (Å²) in [7, 11) is 1.27. The lowest BCUT2D eigenvalue weighted by Gasteiger charge is -2.08. The molecule has 0 spiro atoms. The second-order valence-corrected chi connectivity index (χ2v) is 5.80. The molecule has 0 aliphatic carbocycles. The van der Waals surface area contributed by atoms with Gasteiger partial charge < -0.3 is 10.1 Å². The Bertz CT molecular complexity index is 686. The van der Waals surface area contributed by atoms with Gasteiger partial charge in [-0.25, -0.2) is 4.79 Å². The minimum Gasteiger partial charge on any atom is -0.465 e. The maximum Gasteiger partial charge on any atom is 0.339 e. The smallest absolute Gasteiger partial charge is 0.339 e. The quantitative estimate of drug-likeness (QED) is 0.609. The molecular formula is C15H11ClINO3. The summed E-state index contributed by atoms with van der Waals surface area (Å²) in [6.45, 7) is 0. The van der Waals surface area contributed by atoms with Gasteiger partial charge in [0.15, 0.2) is 0 Å². The molecule has 0 aliphatic heterocycles. The van der Waals surface area contributed by atoms with Crippen molar-refractivity contribution < 1.29 is 14.3 Å². The molecule has 0 fully saturated rings. The molecule has 0 heterocycles. The number of carbonyl (C=O) groups is 2. The number of ether oxygens (including phenoxy) is 1. The number of anilines is 1. The first-order valence-electron chi connectivity index (χ1n) is 5.96. The normalized spacial score (nSPS) is 10.0. The summed E-state index contributed by atoms with van der Waals surface area (Å²) >= 11 is 8.09. The number of halogens is 2. The number of hydrogen-bond donors (Lipinski definition) is 1. The highest BCUT2D eigenvalue weighted by Gasteiger charge is 2.13. The van der Waals surface area contributed by atoms with Gasteiger partial charge in [0.1, 0.15) is 0 Å². The molecule has 0 radical (unpaired) electrons. The Labute approximate surface area is 140 Å². The molecule has 0 saturated heterocycles. The van der Waals surface area contributed by atoms with E-state index < -0.39 is 5.97 Å². The van der Waals surface area contributed by atoms with E-state index in [1.165, 1.54) is 19.2 Å². The molecule has 2 aromatic carbocycles. The predicted octanol–water partition coefficient (Wildman–Crippen LogP) is 3.98. The maximum absolute atomic E-state index is 12.1. The lowest BCUT2D eigenvalue weighted by Crippen LogP contribution is -2.12. The Morgan fingerprint density at radius 1 is 1.14 bits per heavy atom. The average Bonchev–Trinajstić information content (AvgIpc) is 2.49. The Kier molecular flexibility index (Phi) is 5.19. The SMILES string of the molecule is COC(=O)c1cc(NC(=O)c2ccc(I)cc2)ccc1Cl. The fraction of sp³-hybridized carbons (Fsp3) is 0.0667. The number of rotatable bonds is 3. The van der Waals surface area contributed by atoms with Crippen LogP contribution in [0.3, 0.4) is 0 Å². The number of carbonyl (C=O) groups excluding carboxylic acids is 2. The van der Waals surface area contributed by atoms with Gasteiger partial charge in [0.2, 0.25) is 0 Å². The van der Waals surface area contributed by atoms with Crippen LogP contribution in [0.5, 0.6) is 0 Å². The first-order valence-corrected chi connectivity index (χ1v) is 7.41. The summed E-state index contributed by atoms with van der Waals surface area (Å²) in [4.78, 5) is 23.7. The van der Waals surface area contributed by atoms with Gasteiger partial charge in [0.25, 0.3) is 5.91 Å². The fourth-order valence-electron chi connectivity index (χ4n) is 1.67. The van der Waals surface area contributed by atoms with Crippen LogP contribution in [-0.2, 0) is 4.74 Å². The van der Waals surface area contributed by atoms with E-state index in [-0.39, 0.29) is 16.5 Å². The zero-order valence-electron chi connectivity index (χ0n) is 11.0. The van der Waals surface area contributed by atoms with Crippen LogP contribution in [0.25, 0.3) is 0 Å². The van der Waals surface area contributed by atoms with Gasteiger partial charge >= 0.3 is 5.97 Å². The molecule has 4 nitrogen and oxygen atoms in total. The highest BCUT2D eigenvalue weighted by Crippen LogP contribution is 2.22. The second-order valence-electron chi connectivity index (χ2n) is 4.15. The first-order chi connectivity index (χ1) is 10.0. The summed E-state index contributed by atoms with van der Waals surface area (Å²) in [5.74, 6) is -0.810. The Hall–Kier alpha value is -1.60. The molecule has 1 N–H and O–H groups in total. The summed E-state index contributed by atoms with van der Waals surface area (Å²) < 4.78 is 5.68. The first kappa shape index (κ1) is 15.8. The van der Waals surface area contributed by atoms with Crippen molar-refractivity contribution in [1.29, 1.82) is 0 Å². The Balaban J connectivity index is 2.21. The zero-order chi connectivity index (χ0) is 15.4. The van der Waals surface area contributed by atoms with E-state index in [1.54, 1.807) is 18.2 Å². The van der Waals surface area contributed by atoms with Gasteiger partial charge in [-0.05, 0) is 65.1 Å². The van der Waals surface area contributed by atoms with Gasteiger partial charge in [-0.15, -0.1) is 0 Å². The van der Waals surface area contributed by atoms with E-state index in [0.29, 0.717) is 11.3 Å². The van der Waals surface area contributed by atoms with E-state index in [9.17, 15) is 9.59 Å². The highest BCUT2D eigenvalue weighted by atomic mass is 127. The van der Waals surface area contributed by atoms with Crippen molar-refractivity contribution in [2.45, 2.75) is 0 Å².